The molecule has 0 aromatic carbocycles. The molecule has 2 N–H and O–H groups in total. The highest BCUT2D eigenvalue weighted by molar-refractivity contribution is 5.16. The molecule has 2 atom stereocenters. The summed E-state index contributed by atoms with van der Waals surface area (Å²) < 4.78 is 5.28. The fourth-order valence-corrected chi connectivity index (χ4v) is 2.63. The Morgan fingerprint density at radius 2 is 2.44 bits per heavy atom. The number of aliphatic hydroxyl groups is 1. The van der Waals surface area contributed by atoms with Crippen molar-refractivity contribution in [2.24, 2.45) is 5.92 Å². The lowest BCUT2D eigenvalue weighted by molar-refractivity contribution is -1.03. The largest absolute Gasteiger partial charge is 0.462 e. The van der Waals surface area contributed by atoms with E-state index in [2.05, 4.69) is 16.6 Å². The highest BCUT2D eigenvalue weighted by atomic mass is 16.5. The molecule has 1 saturated heterocycles. The van der Waals surface area contributed by atoms with Crippen molar-refractivity contribution < 1.29 is 15.0 Å². The standard InChI is InChI=1S/C11H19N3O2/c15-4-5-16-8-10-6-13-11(7-14(13)12-10)9-2-1-3-9/h6,9,11,14-15H,1-5,7-8H2. The smallest absolute Gasteiger partial charge is 0.131 e. The summed E-state index contributed by atoms with van der Waals surface area (Å²) in [4.78, 5) is 0. The molecule has 2 heterocycles. The van der Waals surface area contributed by atoms with Crippen LogP contribution in [0.1, 0.15) is 19.3 Å². The van der Waals surface area contributed by atoms with Crippen LogP contribution in [0.2, 0.25) is 0 Å². The number of rotatable bonds is 5. The van der Waals surface area contributed by atoms with Crippen molar-refractivity contribution in [1.82, 2.24) is 5.01 Å². The Morgan fingerprint density at radius 3 is 3.12 bits per heavy atom. The maximum atomic E-state index is 8.62. The minimum atomic E-state index is 0.0816. The molecule has 16 heavy (non-hydrogen) atoms. The van der Waals surface area contributed by atoms with Crippen molar-refractivity contribution in [2.45, 2.75) is 25.3 Å². The molecule has 90 valence electrons. The van der Waals surface area contributed by atoms with Crippen LogP contribution >= 0.6 is 0 Å². The molecule has 0 spiro atoms. The molecular weight excluding hydrogens is 206 g/mol. The summed E-state index contributed by atoms with van der Waals surface area (Å²) in [6, 6.07) is 0.711. The van der Waals surface area contributed by atoms with Crippen LogP contribution in [-0.4, -0.2) is 42.5 Å². The van der Waals surface area contributed by atoms with E-state index in [-0.39, 0.29) is 6.61 Å². The quantitative estimate of drug-likeness (QED) is 0.616. The average Bonchev–Trinajstić information content (AvgIpc) is 2.50. The molecule has 2 unspecified atom stereocenters. The minimum Gasteiger partial charge on any atom is -0.462 e. The van der Waals surface area contributed by atoms with E-state index in [9.17, 15) is 0 Å². The topological polar surface area (TPSA) is 51.2 Å². The van der Waals surface area contributed by atoms with Gasteiger partial charge >= 0.3 is 0 Å². The summed E-state index contributed by atoms with van der Waals surface area (Å²) >= 11 is 0. The summed E-state index contributed by atoms with van der Waals surface area (Å²) in [5, 5.41) is 12.1. The lowest BCUT2D eigenvalue weighted by atomic mass is 9.78. The third kappa shape index (κ3) is 1.69. The molecule has 0 aromatic rings. The predicted molar refractivity (Wildman–Crippen MR) is 58.1 cm³/mol. The number of nitrogens with zero attached hydrogens (tertiary/aromatic N) is 2. The number of hydrogen-bond acceptors (Lipinski definition) is 3. The number of ether oxygens (including phenoxy) is 1. The van der Waals surface area contributed by atoms with Crippen LogP contribution in [0.3, 0.4) is 0 Å². The Balaban J connectivity index is 1.49. The Morgan fingerprint density at radius 1 is 1.56 bits per heavy atom. The van der Waals surface area contributed by atoms with Crippen molar-refractivity contribution in [1.29, 1.82) is 0 Å². The molecule has 3 rings (SSSR count). The van der Waals surface area contributed by atoms with Gasteiger partial charge in [0, 0.05) is 6.20 Å². The summed E-state index contributed by atoms with van der Waals surface area (Å²) in [5.74, 6) is 0.896. The van der Waals surface area contributed by atoms with E-state index < -0.39 is 0 Å². The van der Waals surface area contributed by atoms with Crippen LogP contribution in [0.5, 0.6) is 0 Å². The maximum absolute atomic E-state index is 8.62. The van der Waals surface area contributed by atoms with Gasteiger partial charge in [-0.1, -0.05) is 12.1 Å². The number of hydrogen-bond donors (Lipinski definition) is 2. The van der Waals surface area contributed by atoms with Gasteiger partial charge in [-0.15, -0.1) is 0 Å². The summed E-state index contributed by atoms with van der Waals surface area (Å²) in [7, 11) is 0. The number of quaternary nitrogens is 1. The molecule has 3 aliphatic rings. The highest BCUT2D eigenvalue weighted by Crippen LogP contribution is 2.34. The Kier molecular flexibility index (Phi) is 2.75. The fourth-order valence-electron chi connectivity index (χ4n) is 2.63. The van der Waals surface area contributed by atoms with Gasteiger partial charge in [0.25, 0.3) is 0 Å². The molecule has 5 heteroatoms. The molecule has 5 nitrogen and oxygen atoms in total. The first kappa shape index (κ1) is 10.4. The van der Waals surface area contributed by atoms with Crippen molar-refractivity contribution in [3.63, 3.8) is 0 Å². The monoisotopic (exact) mass is 225 g/mol. The molecule has 0 amide bonds. The van der Waals surface area contributed by atoms with Crippen molar-refractivity contribution in [2.75, 3.05) is 26.4 Å². The van der Waals surface area contributed by atoms with Crippen LogP contribution in [0.4, 0.5) is 0 Å². The van der Waals surface area contributed by atoms with Crippen LogP contribution in [0.15, 0.2) is 11.9 Å². The summed E-state index contributed by atoms with van der Waals surface area (Å²) in [6.07, 6.45) is 6.30. The average molecular weight is 225 g/mol. The van der Waals surface area contributed by atoms with Crippen LogP contribution in [-0.2, 0) is 4.74 Å². The van der Waals surface area contributed by atoms with Gasteiger partial charge in [0.1, 0.15) is 12.6 Å². The van der Waals surface area contributed by atoms with Crippen LogP contribution < -0.4 is 5.12 Å². The van der Waals surface area contributed by atoms with E-state index in [0.717, 1.165) is 18.2 Å². The van der Waals surface area contributed by atoms with Crippen molar-refractivity contribution in [3.05, 3.63) is 17.3 Å². The number of aliphatic hydroxyl groups excluding tert-OH is 1. The number of fused-ring (bicyclic) bond motifs is 1. The fraction of sp³-hybridized carbons (Fsp3) is 0.818. The van der Waals surface area contributed by atoms with Crippen molar-refractivity contribution in [3.8, 4) is 0 Å². The molecule has 2 fully saturated rings. The predicted octanol–water partition coefficient (Wildman–Crippen LogP) is -0.577. The Bertz CT molecular complexity index is 291. The molecule has 0 radical (unpaired) electrons. The van der Waals surface area contributed by atoms with Gasteiger partial charge in [-0.05, 0) is 18.8 Å². The van der Waals surface area contributed by atoms with Gasteiger partial charge in [-0.2, -0.15) is 0 Å². The molecule has 0 aromatic heterocycles. The summed E-state index contributed by atoms with van der Waals surface area (Å²) in [6.45, 7) is 2.15. The molecule has 2 aliphatic heterocycles. The second-order valence-corrected chi connectivity index (χ2v) is 4.79. The van der Waals surface area contributed by atoms with Crippen LogP contribution in [0, 0.1) is 5.92 Å². The van der Waals surface area contributed by atoms with E-state index in [0.29, 0.717) is 19.3 Å². The van der Waals surface area contributed by atoms with Gasteiger partial charge in [-0.3, -0.25) is 5.12 Å². The van der Waals surface area contributed by atoms with Gasteiger partial charge in [0.15, 0.2) is 0 Å². The third-order valence-electron chi connectivity index (χ3n) is 3.79. The number of nitrogens with one attached hydrogen (secondary N) is 1. The first-order valence-corrected chi connectivity index (χ1v) is 6.13. The van der Waals surface area contributed by atoms with E-state index in [1.807, 2.05) is 0 Å². The van der Waals surface area contributed by atoms with Gasteiger partial charge in [-0.25, -0.2) is 5.01 Å². The maximum Gasteiger partial charge on any atom is 0.131 e. The van der Waals surface area contributed by atoms with E-state index >= 15 is 0 Å². The van der Waals surface area contributed by atoms with E-state index in [1.54, 1.807) is 0 Å². The zero-order chi connectivity index (χ0) is 11.0. The molecular formula is C11H19N3O2. The lowest BCUT2D eigenvalue weighted by Gasteiger charge is -2.52. The third-order valence-corrected chi connectivity index (χ3v) is 3.79. The summed E-state index contributed by atoms with van der Waals surface area (Å²) in [5.41, 5.74) is 5.52. The second kappa shape index (κ2) is 4.24. The molecule has 1 aliphatic carbocycles. The van der Waals surface area contributed by atoms with E-state index in [1.165, 1.54) is 24.4 Å². The van der Waals surface area contributed by atoms with E-state index in [4.69, 9.17) is 9.84 Å². The first-order valence-electron chi connectivity index (χ1n) is 6.13. The SMILES string of the molecule is OCCOCC1=CN2C(C3CCC3)C[NH+]2[N-]1. The highest BCUT2D eigenvalue weighted by Gasteiger charge is 2.45. The Hall–Kier alpha value is -0.780. The second-order valence-electron chi connectivity index (χ2n) is 4.79. The first-order chi connectivity index (χ1) is 7.88. The Labute approximate surface area is 95.6 Å². The molecule has 0 bridgehead atoms. The normalized spacial score (nSPS) is 32.6. The zero-order valence-electron chi connectivity index (χ0n) is 9.43. The van der Waals surface area contributed by atoms with Gasteiger partial charge in [0.05, 0.1) is 19.8 Å². The lowest BCUT2D eigenvalue weighted by Crippen LogP contribution is -3.23. The van der Waals surface area contributed by atoms with Gasteiger partial charge < -0.3 is 15.3 Å². The minimum absolute atomic E-state index is 0.0816. The molecule has 1 saturated carbocycles. The van der Waals surface area contributed by atoms with Crippen LogP contribution in [0.25, 0.3) is 5.43 Å². The van der Waals surface area contributed by atoms with Crippen molar-refractivity contribution >= 4 is 0 Å². The van der Waals surface area contributed by atoms with Gasteiger partial charge in [0.2, 0.25) is 0 Å². The zero-order valence-corrected chi connectivity index (χ0v) is 9.43.